The summed E-state index contributed by atoms with van der Waals surface area (Å²) >= 11 is 0. The van der Waals surface area contributed by atoms with E-state index in [1.165, 1.54) is 148 Å². The summed E-state index contributed by atoms with van der Waals surface area (Å²) in [5.41, 5.74) is 0. The molecule has 0 heterocycles. The maximum Gasteiger partial charge on any atom is 0.306 e. The first kappa shape index (κ1) is 56.6. The number of carbonyl (C=O) groups is 3. The normalized spacial score (nSPS) is 12.3. The molecule has 0 amide bonds. The molecule has 0 radical (unpaired) electrons. The van der Waals surface area contributed by atoms with E-state index in [4.69, 9.17) is 14.2 Å². The standard InChI is InChI=1S/C53H96O6/c1-4-7-10-13-16-19-22-23-24-25-26-27-28-29-32-34-37-40-43-46-52(55)58-49-50(59-53(56)47-44-41-38-35-31-21-18-15-12-9-6-3)48-57-51(54)45-42-39-36-33-30-20-17-14-11-8-5-2/h14-15,17-18,23-24,50H,4-13,16,19-22,25-49H2,1-3H3/b17-14-,18-15-,24-23-. The molecule has 0 fully saturated rings. The molecular weight excluding hydrogens is 733 g/mol. The third kappa shape index (κ3) is 46.5. The summed E-state index contributed by atoms with van der Waals surface area (Å²) in [6.45, 7) is 6.55. The highest BCUT2D eigenvalue weighted by atomic mass is 16.6. The van der Waals surface area contributed by atoms with Gasteiger partial charge in [-0.25, -0.2) is 0 Å². The van der Waals surface area contributed by atoms with Gasteiger partial charge in [-0.2, -0.15) is 0 Å². The number of hydrogen-bond acceptors (Lipinski definition) is 6. The van der Waals surface area contributed by atoms with Gasteiger partial charge >= 0.3 is 17.9 Å². The maximum absolute atomic E-state index is 12.7. The van der Waals surface area contributed by atoms with Gasteiger partial charge in [-0.3, -0.25) is 14.4 Å². The van der Waals surface area contributed by atoms with Crippen LogP contribution in [0.4, 0.5) is 0 Å². The Kier molecular flexibility index (Phi) is 46.4. The van der Waals surface area contributed by atoms with Crippen molar-refractivity contribution in [3.63, 3.8) is 0 Å². The van der Waals surface area contributed by atoms with Crippen LogP contribution in [0.1, 0.15) is 265 Å². The molecule has 0 aliphatic rings. The molecule has 0 aliphatic heterocycles. The molecule has 1 unspecified atom stereocenters. The fraction of sp³-hybridized carbons (Fsp3) is 0.830. The molecule has 0 spiro atoms. The smallest absolute Gasteiger partial charge is 0.306 e. The van der Waals surface area contributed by atoms with Crippen molar-refractivity contribution in [3.8, 4) is 0 Å². The van der Waals surface area contributed by atoms with Crippen LogP contribution < -0.4 is 0 Å². The Morgan fingerprint density at radius 1 is 0.322 bits per heavy atom. The predicted molar refractivity (Wildman–Crippen MR) is 252 cm³/mol. The van der Waals surface area contributed by atoms with Gasteiger partial charge in [-0.05, 0) is 83.5 Å². The number of hydrogen-bond donors (Lipinski definition) is 0. The lowest BCUT2D eigenvalue weighted by molar-refractivity contribution is -0.167. The largest absolute Gasteiger partial charge is 0.462 e. The van der Waals surface area contributed by atoms with Crippen LogP contribution in [0.15, 0.2) is 36.5 Å². The van der Waals surface area contributed by atoms with E-state index in [0.717, 1.165) is 77.0 Å². The molecule has 0 bridgehead atoms. The van der Waals surface area contributed by atoms with Crippen molar-refractivity contribution < 1.29 is 28.6 Å². The average Bonchev–Trinajstić information content (AvgIpc) is 3.23. The number of esters is 3. The minimum Gasteiger partial charge on any atom is -0.462 e. The summed E-state index contributed by atoms with van der Waals surface area (Å²) in [5, 5.41) is 0. The van der Waals surface area contributed by atoms with Crippen LogP contribution in [0.25, 0.3) is 0 Å². The molecule has 0 saturated heterocycles. The van der Waals surface area contributed by atoms with Crippen molar-refractivity contribution in [2.75, 3.05) is 13.2 Å². The topological polar surface area (TPSA) is 78.9 Å². The number of unbranched alkanes of at least 4 members (excludes halogenated alkanes) is 29. The summed E-state index contributed by atoms with van der Waals surface area (Å²) in [5.74, 6) is -0.894. The van der Waals surface area contributed by atoms with Crippen LogP contribution in [-0.4, -0.2) is 37.2 Å². The van der Waals surface area contributed by atoms with E-state index in [0.29, 0.717) is 19.3 Å². The Labute approximate surface area is 365 Å². The second-order valence-corrected chi connectivity index (χ2v) is 17.1. The molecule has 0 aliphatic carbocycles. The minimum atomic E-state index is -0.776. The Hall–Kier alpha value is -2.37. The van der Waals surface area contributed by atoms with Crippen LogP contribution in [0.5, 0.6) is 0 Å². The Morgan fingerprint density at radius 3 is 0.898 bits per heavy atom. The van der Waals surface area contributed by atoms with Crippen molar-refractivity contribution in [1.29, 1.82) is 0 Å². The van der Waals surface area contributed by atoms with Gasteiger partial charge in [0.15, 0.2) is 6.10 Å². The number of carbonyl (C=O) groups excluding carboxylic acids is 3. The SMILES string of the molecule is CCCC/C=C\CCCCCCCC(=O)OCC(COC(=O)CCCCCCCCCCC/C=C\CCCCCCCC)OC(=O)CCCCCCC/C=C\CCCC. The highest BCUT2D eigenvalue weighted by Crippen LogP contribution is 2.15. The van der Waals surface area contributed by atoms with Crippen LogP contribution in [0, 0.1) is 0 Å². The second-order valence-electron chi connectivity index (χ2n) is 17.1. The predicted octanol–water partition coefficient (Wildman–Crippen LogP) is 16.5. The minimum absolute atomic E-state index is 0.0779. The zero-order chi connectivity index (χ0) is 43.0. The van der Waals surface area contributed by atoms with Crippen LogP contribution in [-0.2, 0) is 28.6 Å². The van der Waals surface area contributed by atoms with E-state index < -0.39 is 6.10 Å². The molecule has 344 valence electrons. The van der Waals surface area contributed by atoms with Crippen molar-refractivity contribution in [2.24, 2.45) is 0 Å². The van der Waals surface area contributed by atoms with Gasteiger partial charge in [0.1, 0.15) is 13.2 Å². The quantitative estimate of drug-likeness (QED) is 0.0263. The first-order valence-electron chi connectivity index (χ1n) is 25.5. The number of rotatable bonds is 46. The van der Waals surface area contributed by atoms with Crippen molar-refractivity contribution in [1.82, 2.24) is 0 Å². The zero-order valence-electron chi connectivity index (χ0n) is 39.3. The van der Waals surface area contributed by atoms with Gasteiger partial charge in [0, 0.05) is 19.3 Å². The lowest BCUT2D eigenvalue weighted by Gasteiger charge is -2.18. The van der Waals surface area contributed by atoms with Crippen LogP contribution in [0.3, 0.4) is 0 Å². The van der Waals surface area contributed by atoms with Gasteiger partial charge in [0.2, 0.25) is 0 Å². The van der Waals surface area contributed by atoms with E-state index in [1.807, 2.05) is 0 Å². The lowest BCUT2D eigenvalue weighted by Crippen LogP contribution is -2.30. The van der Waals surface area contributed by atoms with Crippen molar-refractivity contribution in [2.45, 2.75) is 271 Å². The van der Waals surface area contributed by atoms with E-state index in [-0.39, 0.29) is 31.1 Å². The summed E-state index contributed by atoms with van der Waals surface area (Å²) in [7, 11) is 0. The van der Waals surface area contributed by atoms with E-state index in [9.17, 15) is 14.4 Å². The van der Waals surface area contributed by atoms with Gasteiger partial charge < -0.3 is 14.2 Å². The summed E-state index contributed by atoms with van der Waals surface area (Å²) in [6, 6.07) is 0. The molecule has 1 atom stereocenters. The number of allylic oxidation sites excluding steroid dienone is 6. The second kappa shape index (κ2) is 48.3. The molecule has 0 N–H and O–H groups in total. The third-order valence-electron chi connectivity index (χ3n) is 11.1. The first-order valence-corrected chi connectivity index (χ1v) is 25.5. The highest BCUT2D eigenvalue weighted by molar-refractivity contribution is 5.71. The molecule has 0 aromatic rings. The number of ether oxygens (including phenoxy) is 3. The van der Waals surface area contributed by atoms with Gasteiger partial charge in [0.25, 0.3) is 0 Å². The summed E-state index contributed by atoms with van der Waals surface area (Å²) in [4.78, 5) is 37.8. The van der Waals surface area contributed by atoms with Gasteiger partial charge in [0.05, 0.1) is 0 Å². The fourth-order valence-electron chi connectivity index (χ4n) is 7.16. The molecule has 6 nitrogen and oxygen atoms in total. The molecule has 0 rings (SSSR count). The summed E-state index contributed by atoms with van der Waals surface area (Å²) in [6.07, 6.45) is 55.6. The molecule has 6 heteroatoms. The maximum atomic E-state index is 12.7. The fourth-order valence-corrected chi connectivity index (χ4v) is 7.16. The average molecular weight is 829 g/mol. The molecule has 0 aromatic carbocycles. The Balaban J connectivity index is 4.29. The highest BCUT2D eigenvalue weighted by Gasteiger charge is 2.19. The van der Waals surface area contributed by atoms with Crippen LogP contribution in [0.2, 0.25) is 0 Å². The van der Waals surface area contributed by atoms with E-state index >= 15 is 0 Å². The summed E-state index contributed by atoms with van der Waals surface area (Å²) < 4.78 is 16.7. The van der Waals surface area contributed by atoms with Crippen molar-refractivity contribution in [3.05, 3.63) is 36.5 Å². The Bertz CT molecular complexity index is 1000. The molecule has 0 saturated carbocycles. The molecular formula is C53H96O6. The van der Waals surface area contributed by atoms with Gasteiger partial charge in [-0.1, -0.05) is 198 Å². The van der Waals surface area contributed by atoms with E-state index in [2.05, 4.69) is 57.2 Å². The van der Waals surface area contributed by atoms with Gasteiger partial charge in [-0.15, -0.1) is 0 Å². The molecule has 59 heavy (non-hydrogen) atoms. The lowest BCUT2D eigenvalue weighted by atomic mass is 10.1. The first-order chi connectivity index (χ1) is 29.0. The Morgan fingerprint density at radius 2 is 0.576 bits per heavy atom. The van der Waals surface area contributed by atoms with E-state index in [1.54, 1.807) is 0 Å². The van der Waals surface area contributed by atoms with Crippen molar-refractivity contribution >= 4 is 17.9 Å². The van der Waals surface area contributed by atoms with Crippen LogP contribution >= 0.6 is 0 Å². The molecule has 0 aromatic heterocycles. The third-order valence-corrected chi connectivity index (χ3v) is 11.1. The monoisotopic (exact) mass is 829 g/mol. The zero-order valence-corrected chi connectivity index (χ0v) is 39.3.